The van der Waals surface area contributed by atoms with Gasteiger partial charge in [0.2, 0.25) is 0 Å². The molecule has 4 aromatic carbocycles. The van der Waals surface area contributed by atoms with Crippen LogP contribution in [0.5, 0.6) is 5.75 Å². The summed E-state index contributed by atoms with van der Waals surface area (Å²) in [6.07, 6.45) is 6.93. The van der Waals surface area contributed by atoms with Gasteiger partial charge in [0.25, 0.3) is 0 Å². The number of ketones is 1. The Balaban J connectivity index is 1.10. The summed E-state index contributed by atoms with van der Waals surface area (Å²) in [5.41, 5.74) is -0.439. The van der Waals surface area contributed by atoms with Crippen molar-refractivity contribution >= 4 is 22.6 Å². The molecule has 0 saturated heterocycles. The van der Waals surface area contributed by atoms with Crippen LogP contribution in [0.3, 0.4) is 0 Å². The van der Waals surface area contributed by atoms with Crippen LogP contribution in [0.2, 0.25) is 0 Å². The maximum atomic E-state index is 14.7. The van der Waals surface area contributed by atoms with Gasteiger partial charge in [-0.05, 0) is 172 Å². The Bertz CT molecular complexity index is 2320. The van der Waals surface area contributed by atoms with Crippen molar-refractivity contribution in [3.8, 4) is 5.75 Å². The zero-order valence-corrected chi connectivity index (χ0v) is 35.4. The predicted molar refractivity (Wildman–Crippen MR) is 230 cm³/mol. The van der Waals surface area contributed by atoms with Gasteiger partial charge in [-0.15, -0.1) is 0 Å². The number of aliphatic hydroxyl groups excluding tert-OH is 1. The Morgan fingerprint density at radius 1 is 0.836 bits per heavy atom. The second-order valence-corrected chi connectivity index (χ2v) is 20.0. The van der Waals surface area contributed by atoms with Gasteiger partial charge in [-0.1, -0.05) is 73.2 Å². The average molecular weight is 834 g/mol. The van der Waals surface area contributed by atoms with Crippen LogP contribution in [0.15, 0.2) is 96.6 Å². The number of allylic oxidation sites excluding steroid dienone is 2. The maximum Gasteiger partial charge on any atom is 0.416 e. The highest BCUT2D eigenvalue weighted by Gasteiger charge is 2.59. The van der Waals surface area contributed by atoms with Gasteiger partial charge in [0.15, 0.2) is 5.78 Å². The van der Waals surface area contributed by atoms with Crippen molar-refractivity contribution < 1.29 is 37.7 Å². The van der Waals surface area contributed by atoms with E-state index < -0.39 is 40.7 Å². The highest BCUT2D eigenvalue weighted by atomic mass is 19.4. The molecular weight excluding hydrogens is 776 g/mol. The van der Waals surface area contributed by atoms with Crippen LogP contribution in [0, 0.1) is 28.6 Å². The molecule has 322 valence electrons. The van der Waals surface area contributed by atoms with Crippen LogP contribution >= 0.6 is 0 Å². The molecule has 0 radical (unpaired) electrons. The van der Waals surface area contributed by atoms with E-state index >= 15 is 0 Å². The third-order valence-electron chi connectivity index (χ3n) is 15.7. The molecule has 11 rings (SSSR count). The number of hydrogen-bond acceptors (Lipinski definition) is 5. The number of carbonyl (C=O) groups excluding carboxylic acids is 2. The second kappa shape index (κ2) is 16.0. The van der Waals surface area contributed by atoms with Crippen molar-refractivity contribution in [1.82, 2.24) is 4.90 Å². The fraction of sp³-hybridized carbons (Fsp3) is 0.500. The molecule has 0 heterocycles. The van der Waals surface area contributed by atoms with E-state index in [1.165, 1.54) is 31.4 Å². The smallest absolute Gasteiger partial charge is 0.410 e. The summed E-state index contributed by atoms with van der Waals surface area (Å²) >= 11 is 0. The quantitative estimate of drug-likeness (QED) is 0.143. The van der Waals surface area contributed by atoms with Gasteiger partial charge in [-0.25, -0.2) is 4.79 Å². The van der Waals surface area contributed by atoms with E-state index in [1.54, 1.807) is 6.07 Å². The highest BCUT2D eigenvalue weighted by Crippen LogP contribution is 2.62. The Hall–Kier alpha value is -4.47. The Morgan fingerprint density at radius 3 is 2.28 bits per heavy atom. The van der Waals surface area contributed by atoms with Gasteiger partial charge in [-0.2, -0.15) is 13.2 Å². The third-order valence-corrected chi connectivity index (χ3v) is 15.7. The molecule has 6 nitrogen and oxygen atoms in total. The molecule has 7 aliphatic rings. The number of benzene rings is 4. The van der Waals surface area contributed by atoms with E-state index in [4.69, 9.17) is 4.74 Å². The lowest BCUT2D eigenvalue weighted by molar-refractivity contribution is -0.137. The Labute approximate surface area is 357 Å². The maximum absolute atomic E-state index is 14.7. The molecule has 5 saturated carbocycles. The van der Waals surface area contributed by atoms with Crippen molar-refractivity contribution in [2.45, 2.75) is 121 Å². The first kappa shape index (κ1) is 41.9. The number of alkyl halides is 3. The molecule has 0 unspecified atom stereocenters. The van der Waals surface area contributed by atoms with E-state index in [2.05, 4.69) is 19.9 Å². The molecule has 2 N–H and O–H groups in total. The number of fused-ring (bicyclic) bond motifs is 9. The Morgan fingerprint density at radius 2 is 1.56 bits per heavy atom. The standard InChI is InChI=1S/C52H58F3NO5/c1-33-7-6-19-49(2)46(44-17-13-34(24-42(57)15-12-33)25-45(44)47(58)40-10-5-11-41(26-40)52(53,54)55)18-20-51(49,60)32-56(31-50-28-35-21-36(29-50)23-37(22-35)30-50)48(59)61-43-16-14-38-8-3-4-9-39(38)27-43/h3-5,7-11,13-14,16-17,25-27,35-37,42,46,57,60H,6,12,15,18-24,28-32H2,1-2H3/t35?,36?,37?,42-,46-,49-,50?,51+/m0/s1. The van der Waals surface area contributed by atoms with E-state index in [0.717, 1.165) is 53.3 Å². The van der Waals surface area contributed by atoms with Crippen LogP contribution in [0.25, 0.3) is 10.8 Å². The zero-order chi connectivity index (χ0) is 42.7. The monoisotopic (exact) mass is 833 g/mol. The van der Waals surface area contributed by atoms with Crippen molar-refractivity contribution in [1.29, 1.82) is 0 Å². The first-order chi connectivity index (χ1) is 29.1. The molecule has 0 spiro atoms. The largest absolute Gasteiger partial charge is 0.416 e. The van der Waals surface area contributed by atoms with E-state index in [9.17, 15) is 33.0 Å². The second-order valence-electron chi connectivity index (χ2n) is 20.0. The lowest BCUT2D eigenvalue weighted by atomic mass is 9.49. The molecule has 1 amide bonds. The summed E-state index contributed by atoms with van der Waals surface area (Å²) in [5, 5.41) is 26.5. The normalized spacial score (nSPS) is 31.1. The third kappa shape index (κ3) is 8.29. The van der Waals surface area contributed by atoms with Gasteiger partial charge in [-0.3, -0.25) is 4.79 Å². The minimum atomic E-state index is -4.62. The molecule has 9 heteroatoms. The summed E-state index contributed by atoms with van der Waals surface area (Å²) in [6, 6.07) is 23.7. The zero-order valence-electron chi connectivity index (χ0n) is 35.4. The first-order valence-corrected chi connectivity index (χ1v) is 22.5. The molecule has 6 bridgehead atoms. The van der Waals surface area contributed by atoms with E-state index in [-0.39, 0.29) is 29.0 Å². The number of ether oxygens (including phenoxy) is 1. The van der Waals surface area contributed by atoms with Gasteiger partial charge in [0, 0.05) is 23.1 Å². The SMILES string of the molecule is CC1=CCC[C@@]2(C)[C@@H](CC[C@@]2(O)CN(CC23CC4CC(CC(C4)C2)C3)C(=O)Oc2ccc3ccccc3c2)c2ccc(cc2C(=O)c2cccc(C(F)(F)F)c2)C[C@@H](O)CC1. The van der Waals surface area contributed by atoms with E-state index in [1.807, 2.05) is 59.5 Å². The molecule has 4 aromatic rings. The number of nitrogens with zero attached hydrogens (tertiary/aromatic N) is 1. The fourth-order valence-electron chi connectivity index (χ4n) is 13.0. The molecule has 61 heavy (non-hydrogen) atoms. The molecule has 4 atom stereocenters. The van der Waals surface area contributed by atoms with Crippen LogP contribution in [-0.2, 0) is 12.6 Å². The lowest BCUT2D eigenvalue weighted by Crippen LogP contribution is -2.58. The lowest BCUT2D eigenvalue weighted by Gasteiger charge is -2.58. The minimum Gasteiger partial charge on any atom is -0.410 e. The molecule has 0 aliphatic heterocycles. The van der Waals surface area contributed by atoms with Crippen molar-refractivity contribution in [2.24, 2.45) is 28.6 Å². The number of hydrogen-bond donors (Lipinski definition) is 2. The van der Waals surface area contributed by atoms with E-state index in [0.29, 0.717) is 80.6 Å². The fourth-order valence-corrected chi connectivity index (χ4v) is 13.0. The summed E-state index contributed by atoms with van der Waals surface area (Å²) in [5.74, 6) is 1.53. The summed E-state index contributed by atoms with van der Waals surface area (Å²) in [7, 11) is 0. The van der Waals surface area contributed by atoms with Crippen molar-refractivity contribution in [2.75, 3.05) is 13.1 Å². The van der Waals surface area contributed by atoms with Crippen molar-refractivity contribution in [3.63, 3.8) is 0 Å². The van der Waals surface area contributed by atoms with Crippen molar-refractivity contribution in [3.05, 3.63) is 124 Å². The highest BCUT2D eigenvalue weighted by molar-refractivity contribution is 6.10. The number of carbonyl (C=O) groups is 2. The average Bonchev–Trinajstić information content (AvgIpc) is 3.46. The number of rotatable bonds is 7. The van der Waals surface area contributed by atoms with Crippen LogP contribution in [-0.4, -0.2) is 51.8 Å². The van der Waals surface area contributed by atoms with Crippen LogP contribution < -0.4 is 4.74 Å². The minimum absolute atomic E-state index is 0.0412. The predicted octanol–water partition coefficient (Wildman–Crippen LogP) is 11.8. The molecule has 0 aromatic heterocycles. The Kier molecular flexibility index (Phi) is 11.0. The van der Waals surface area contributed by atoms with Gasteiger partial charge >= 0.3 is 12.3 Å². The van der Waals surface area contributed by atoms with Crippen LogP contribution in [0.1, 0.15) is 129 Å². The van der Waals surface area contributed by atoms with Gasteiger partial charge in [0.05, 0.1) is 23.8 Å². The summed E-state index contributed by atoms with van der Waals surface area (Å²) in [6.45, 7) is 4.70. The topological polar surface area (TPSA) is 87.1 Å². The van der Waals surface area contributed by atoms with Crippen LogP contribution in [0.4, 0.5) is 18.0 Å². The number of amides is 1. The molecule has 5 fully saturated rings. The summed E-state index contributed by atoms with van der Waals surface area (Å²) < 4.78 is 48.0. The summed E-state index contributed by atoms with van der Waals surface area (Å²) in [4.78, 5) is 31.1. The van der Waals surface area contributed by atoms with Gasteiger partial charge in [0.1, 0.15) is 5.75 Å². The first-order valence-electron chi connectivity index (χ1n) is 22.5. The number of halogens is 3. The number of aliphatic hydroxyl groups is 2. The molecular formula is C52H58F3NO5. The van der Waals surface area contributed by atoms with Gasteiger partial charge < -0.3 is 19.8 Å². The molecule has 7 aliphatic carbocycles.